The third-order valence-corrected chi connectivity index (χ3v) is 6.65. The predicted molar refractivity (Wildman–Crippen MR) is 128 cm³/mol. The van der Waals surface area contributed by atoms with Crippen LogP contribution >= 0.6 is 11.3 Å². The number of rotatable bonds is 12. The van der Waals surface area contributed by atoms with E-state index in [-0.39, 0.29) is 37.5 Å². The van der Waals surface area contributed by atoms with E-state index in [2.05, 4.69) is 13.8 Å². The highest BCUT2D eigenvalue weighted by molar-refractivity contribution is 7.10. The number of hydrogen-bond acceptors (Lipinski definition) is 6. The SMILES string of the molecule is CCN(CC(=O)N1CCc2sccc2C1COc1cccc(F)c1)CC(O)COCC(C)C. The molecule has 1 aliphatic heterocycles. The van der Waals surface area contributed by atoms with Crippen molar-refractivity contribution in [3.8, 4) is 5.75 Å². The molecule has 0 aliphatic carbocycles. The van der Waals surface area contributed by atoms with Gasteiger partial charge in [0.25, 0.3) is 0 Å². The summed E-state index contributed by atoms with van der Waals surface area (Å²) in [7, 11) is 0. The maximum atomic E-state index is 13.6. The van der Waals surface area contributed by atoms with Crippen LogP contribution in [0.15, 0.2) is 35.7 Å². The lowest BCUT2D eigenvalue weighted by atomic mass is 10.0. The van der Waals surface area contributed by atoms with Gasteiger partial charge in [0.1, 0.15) is 18.2 Å². The molecule has 33 heavy (non-hydrogen) atoms. The maximum absolute atomic E-state index is 13.6. The van der Waals surface area contributed by atoms with Crippen molar-refractivity contribution < 1.29 is 23.8 Å². The zero-order valence-electron chi connectivity index (χ0n) is 19.7. The largest absolute Gasteiger partial charge is 0.491 e. The molecule has 1 amide bonds. The lowest BCUT2D eigenvalue weighted by molar-refractivity contribution is -0.136. The van der Waals surface area contributed by atoms with Gasteiger partial charge in [0.2, 0.25) is 5.91 Å². The van der Waals surface area contributed by atoms with Gasteiger partial charge in [0.05, 0.1) is 25.3 Å². The van der Waals surface area contributed by atoms with Crippen LogP contribution in [-0.4, -0.2) is 72.9 Å². The number of ether oxygens (including phenoxy) is 2. The van der Waals surface area contributed by atoms with Crippen LogP contribution in [0, 0.1) is 11.7 Å². The summed E-state index contributed by atoms with van der Waals surface area (Å²) in [5, 5.41) is 12.4. The first-order valence-corrected chi connectivity index (χ1v) is 12.5. The first-order valence-electron chi connectivity index (χ1n) is 11.6. The normalized spacial score (nSPS) is 16.8. The summed E-state index contributed by atoms with van der Waals surface area (Å²) in [5.41, 5.74) is 1.10. The zero-order chi connectivity index (χ0) is 23.8. The molecule has 1 aromatic heterocycles. The van der Waals surface area contributed by atoms with Gasteiger partial charge in [-0.1, -0.05) is 26.8 Å². The molecule has 0 radical (unpaired) electrons. The molecule has 1 aromatic carbocycles. The fourth-order valence-corrected chi connectivity index (χ4v) is 4.91. The van der Waals surface area contributed by atoms with Crippen molar-refractivity contribution in [1.82, 2.24) is 9.80 Å². The number of amides is 1. The van der Waals surface area contributed by atoms with Gasteiger partial charge < -0.3 is 19.5 Å². The number of halogens is 1. The molecule has 0 fully saturated rings. The van der Waals surface area contributed by atoms with Crippen molar-refractivity contribution in [3.63, 3.8) is 0 Å². The second kappa shape index (κ2) is 12.5. The molecule has 6 nitrogen and oxygen atoms in total. The van der Waals surface area contributed by atoms with Gasteiger partial charge >= 0.3 is 0 Å². The number of aliphatic hydroxyl groups excluding tert-OH is 1. The highest BCUT2D eigenvalue weighted by Crippen LogP contribution is 2.34. The minimum absolute atomic E-state index is 0.00292. The van der Waals surface area contributed by atoms with Crippen molar-refractivity contribution in [2.75, 3.05) is 46.0 Å². The maximum Gasteiger partial charge on any atom is 0.237 e. The van der Waals surface area contributed by atoms with E-state index in [1.54, 1.807) is 23.5 Å². The van der Waals surface area contributed by atoms with Crippen molar-refractivity contribution >= 4 is 17.2 Å². The molecule has 2 atom stereocenters. The third kappa shape index (κ3) is 7.50. The molecule has 3 rings (SSSR count). The molecule has 0 spiro atoms. The van der Waals surface area contributed by atoms with Crippen LogP contribution in [0.3, 0.4) is 0 Å². The molecule has 2 unspecified atom stereocenters. The molecule has 1 N–H and O–H groups in total. The number of thiophene rings is 1. The zero-order valence-corrected chi connectivity index (χ0v) is 20.5. The fourth-order valence-electron chi connectivity index (χ4n) is 3.98. The van der Waals surface area contributed by atoms with E-state index in [1.165, 1.54) is 17.0 Å². The van der Waals surface area contributed by atoms with E-state index in [0.717, 1.165) is 12.0 Å². The van der Waals surface area contributed by atoms with E-state index >= 15 is 0 Å². The van der Waals surface area contributed by atoms with Crippen LogP contribution in [0.1, 0.15) is 37.3 Å². The topological polar surface area (TPSA) is 62.2 Å². The highest BCUT2D eigenvalue weighted by atomic mass is 32.1. The summed E-state index contributed by atoms with van der Waals surface area (Å²) in [6.07, 6.45) is 0.168. The summed E-state index contributed by atoms with van der Waals surface area (Å²) in [6.45, 7) is 9.08. The van der Waals surface area contributed by atoms with Gasteiger partial charge in [0.15, 0.2) is 0 Å². The van der Waals surface area contributed by atoms with Crippen molar-refractivity contribution in [1.29, 1.82) is 0 Å². The van der Waals surface area contributed by atoms with Gasteiger partial charge in [-0.05, 0) is 48.0 Å². The number of benzene rings is 1. The lowest BCUT2D eigenvalue weighted by Crippen LogP contribution is -2.48. The first-order chi connectivity index (χ1) is 15.9. The smallest absolute Gasteiger partial charge is 0.237 e. The van der Waals surface area contributed by atoms with E-state index in [9.17, 15) is 14.3 Å². The summed E-state index contributed by atoms with van der Waals surface area (Å²) in [4.78, 5) is 18.4. The molecule has 182 valence electrons. The van der Waals surface area contributed by atoms with E-state index in [0.29, 0.717) is 37.9 Å². The minimum Gasteiger partial charge on any atom is -0.491 e. The molecule has 8 heteroatoms. The molecule has 2 aromatic rings. The molecule has 1 aliphatic rings. The molecule has 0 saturated heterocycles. The van der Waals surface area contributed by atoms with Gasteiger partial charge in [-0.3, -0.25) is 9.69 Å². The number of nitrogens with zero attached hydrogens (tertiary/aromatic N) is 2. The standard InChI is InChI=1S/C25H35FN2O4S/c1-4-27(13-20(29)16-31-15-18(2)3)14-25(30)28-10-8-24-22(9-11-33-24)23(28)17-32-21-7-5-6-19(26)12-21/h5-7,9,11-12,18,20,23,29H,4,8,10,13-17H2,1-3H3. The quantitative estimate of drug-likeness (QED) is 0.504. The summed E-state index contributed by atoms with van der Waals surface area (Å²) < 4.78 is 25.0. The van der Waals surface area contributed by atoms with E-state index in [4.69, 9.17) is 9.47 Å². The highest BCUT2D eigenvalue weighted by Gasteiger charge is 2.33. The fraction of sp³-hybridized carbons (Fsp3) is 0.560. The summed E-state index contributed by atoms with van der Waals surface area (Å²) >= 11 is 1.69. The van der Waals surface area contributed by atoms with Gasteiger partial charge in [-0.25, -0.2) is 4.39 Å². The van der Waals surface area contributed by atoms with Crippen LogP contribution < -0.4 is 4.74 Å². The van der Waals surface area contributed by atoms with Crippen molar-refractivity contribution in [2.45, 2.75) is 39.3 Å². The molecular formula is C25H35FN2O4S. The monoisotopic (exact) mass is 478 g/mol. The van der Waals surface area contributed by atoms with Crippen LogP contribution in [0.5, 0.6) is 5.75 Å². The molecule has 0 saturated carbocycles. The van der Waals surface area contributed by atoms with Crippen LogP contribution in [-0.2, 0) is 16.0 Å². The molecule has 0 bridgehead atoms. The van der Waals surface area contributed by atoms with Crippen molar-refractivity contribution in [3.05, 3.63) is 52.0 Å². The van der Waals surface area contributed by atoms with Crippen LogP contribution in [0.4, 0.5) is 4.39 Å². The Morgan fingerprint density at radius 1 is 1.33 bits per heavy atom. The number of carbonyl (C=O) groups excluding carboxylic acids is 1. The van der Waals surface area contributed by atoms with Gasteiger partial charge in [-0.2, -0.15) is 0 Å². The Morgan fingerprint density at radius 3 is 2.88 bits per heavy atom. The Balaban J connectivity index is 1.62. The van der Waals surface area contributed by atoms with Gasteiger partial charge in [0, 0.05) is 30.6 Å². The Morgan fingerprint density at radius 2 is 2.15 bits per heavy atom. The second-order valence-electron chi connectivity index (χ2n) is 8.83. The minimum atomic E-state index is -0.645. The van der Waals surface area contributed by atoms with Crippen LogP contribution in [0.2, 0.25) is 0 Å². The third-order valence-electron chi connectivity index (χ3n) is 5.66. The molecular weight excluding hydrogens is 443 g/mol. The average Bonchev–Trinajstić information content (AvgIpc) is 3.25. The number of carbonyl (C=O) groups is 1. The number of hydrogen-bond donors (Lipinski definition) is 1. The second-order valence-corrected chi connectivity index (χ2v) is 9.83. The number of fused-ring (bicyclic) bond motifs is 1. The summed E-state index contributed by atoms with van der Waals surface area (Å²) in [6, 6.07) is 7.88. The number of aliphatic hydroxyl groups is 1. The predicted octanol–water partition coefficient (Wildman–Crippen LogP) is 3.75. The summed E-state index contributed by atoms with van der Waals surface area (Å²) in [5.74, 6) is 0.504. The Labute approximate surface area is 199 Å². The van der Waals surface area contributed by atoms with Crippen LogP contribution in [0.25, 0.3) is 0 Å². The Kier molecular flexibility index (Phi) is 9.67. The van der Waals surface area contributed by atoms with E-state index in [1.807, 2.05) is 28.2 Å². The van der Waals surface area contributed by atoms with Crippen molar-refractivity contribution in [2.24, 2.45) is 5.92 Å². The Hall–Kier alpha value is -2.00. The Bertz CT molecular complexity index is 891. The lowest BCUT2D eigenvalue weighted by Gasteiger charge is -2.37. The number of likely N-dealkylation sites (N-methyl/N-ethyl adjacent to an activating group) is 1. The van der Waals surface area contributed by atoms with Gasteiger partial charge in [-0.15, -0.1) is 11.3 Å². The molecule has 2 heterocycles. The average molecular weight is 479 g/mol. The van der Waals surface area contributed by atoms with E-state index < -0.39 is 6.10 Å². The first kappa shape index (κ1) is 25.6.